The van der Waals surface area contributed by atoms with Crippen LogP contribution in [0.4, 0.5) is 0 Å². The van der Waals surface area contributed by atoms with Crippen LogP contribution in [0, 0.1) is 0 Å². The van der Waals surface area contributed by atoms with Crippen LogP contribution >= 0.6 is 0 Å². The van der Waals surface area contributed by atoms with E-state index >= 15 is 0 Å². The van der Waals surface area contributed by atoms with Crippen LogP contribution in [0.2, 0.25) is 0 Å². The maximum Gasteiger partial charge on any atom is 0.234 e. The fourth-order valence-electron chi connectivity index (χ4n) is 1.08. The highest BCUT2D eigenvalue weighted by atomic mass is 16.3. The van der Waals surface area contributed by atoms with Crippen molar-refractivity contribution in [1.82, 2.24) is 0 Å². The molecule has 1 aromatic carbocycles. The summed E-state index contributed by atoms with van der Waals surface area (Å²) in [4.78, 5) is 10.7. The second-order valence-electron chi connectivity index (χ2n) is 3.00. The van der Waals surface area contributed by atoms with Gasteiger partial charge in [0.1, 0.15) is 0 Å². The van der Waals surface area contributed by atoms with E-state index in [1.165, 1.54) is 6.07 Å². The van der Waals surface area contributed by atoms with Crippen molar-refractivity contribution >= 4 is 5.91 Å². The van der Waals surface area contributed by atoms with E-state index < -0.39 is 11.9 Å². The van der Waals surface area contributed by atoms with Crippen molar-refractivity contribution in [2.24, 2.45) is 11.5 Å². The molecule has 0 bridgehead atoms. The van der Waals surface area contributed by atoms with Crippen LogP contribution in [0.1, 0.15) is 5.56 Å². The molecule has 0 saturated heterocycles. The van der Waals surface area contributed by atoms with Crippen LogP contribution in [0.5, 0.6) is 11.5 Å². The normalized spacial score (nSPS) is 12.4. The fraction of sp³-hybridized carbons (Fsp3) is 0.222. The minimum absolute atomic E-state index is 0.107. The number of para-hydroxylation sites is 1. The Hall–Kier alpha value is -1.75. The van der Waals surface area contributed by atoms with Crippen LogP contribution in [0.3, 0.4) is 0 Å². The molecule has 5 heteroatoms. The number of hydrogen-bond donors (Lipinski definition) is 4. The molecule has 1 atom stereocenters. The first-order valence-corrected chi connectivity index (χ1v) is 4.07. The number of nitrogens with two attached hydrogens (primary N) is 2. The summed E-state index contributed by atoms with van der Waals surface area (Å²) >= 11 is 0. The first-order valence-electron chi connectivity index (χ1n) is 4.07. The highest BCUT2D eigenvalue weighted by Crippen LogP contribution is 2.28. The van der Waals surface area contributed by atoms with E-state index in [1.54, 1.807) is 12.1 Å². The van der Waals surface area contributed by atoms with Crippen molar-refractivity contribution < 1.29 is 15.0 Å². The van der Waals surface area contributed by atoms with Gasteiger partial charge in [0.15, 0.2) is 11.5 Å². The molecule has 0 saturated carbocycles. The third kappa shape index (κ3) is 2.14. The van der Waals surface area contributed by atoms with Crippen molar-refractivity contribution in [1.29, 1.82) is 0 Å². The van der Waals surface area contributed by atoms with Gasteiger partial charge in [0, 0.05) is 6.42 Å². The second-order valence-corrected chi connectivity index (χ2v) is 3.00. The largest absolute Gasteiger partial charge is 0.504 e. The number of carbonyl (C=O) groups excluding carboxylic acids is 1. The smallest absolute Gasteiger partial charge is 0.234 e. The zero-order valence-electron chi connectivity index (χ0n) is 7.47. The predicted molar refractivity (Wildman–Crippen MR) is 50.6 cm³/mol. The number of phenolic OH excluding ortho intramolecular Hbond substituents is 2. The summed E-state index contributed by atoms with van der Waals surface area (Å²) in [7, 11) is 0. The van der Waals surface area contributed by atoms with Gasteiger partial charge >= 0.3 is 0 Å². The highest BCUT2D eigenvalue weighted by molar-refractivity contribution is 5.80. The van der Waals surface area contributed by atoms with Crippen LogP contribution in [-0.2, 0) is 11.2 Å². The van der Waals surface area contributed by atoms with E-state index in [-0.39, 0.29) is 17.9 Å². The van der Waals surface area contributed by atoms with E-state index in [4.69, 9.17) is 16.6 Å². The summed E-state index contributed by atoms with van der Waals surface area (Å²) in [6.45, 7) is 0. The molecule has 0 heterocycles. The van der Waals surface area contributed by atoms with E-state index in [0.29, 0.717) is 5.56 Å². The molecule has 1 aromatic rings. The molecule has 0 radical (unpaired) electrons. The molecule has 0 aliphatic heterocycles. The van der Waals surface area contributed by atoms with Gasteiger partial charge < -0.3 is 21.7 Å². The molecule has 6 N–H and O–H groups in total. The number of primary amides is 1. The van der Waals surface area contributed by atoms with Gasteiger partial charge in [0.05, 0.1) is 6.04 Å². The molecular formula is C9H12N2O3. The van der Waals surface area contributed by atoms with Crippen molar-refractivity contribution in [3.63, 3.8) is 0 Å². The Morgan fingerprint density at radius 1 is 1.43 bits per heavy atom. The molecule has 0 aliphatic rings. The lowest BCUT2D eigenvalue weighted by molar-refractivity contribution is -0.119. The molecule has 0 aliphatic carbocycles. The number of phenols is 2. The number of carbonyl (C=O) groups is 1. The summed E-state index contributed by atoms with van der Waals surface area (Å²) in [5, 5.41) is 18.5. The molecule has 14 heavy (non-hydrogen) atoms. The lowest BCUT2D eigenvalue weighted by Crippen LogP contribution is -2.38. The number of aromatic hydroxyl groups is 2. The fourth-order valence-corrected chi connectivity index (χ4v) is 1.08. The van der Waals surface area contributed by atoms with Gasteiger partial charge in [-0.05, 0) is 11.6 Å². The van der Waals surface area contributed by atoms with Gasteiger partial charge in [-0.3, -0.25) is 4.79 Å². The van der Waals surface area contributed by atoms with Gasteiger partial charge in [-0.2, -0.15) is 0 Å². The molecule has 1 amide bonds. The van der Waals surface area contributed by atoms with Gasteiger partial charge in [-0.1, -0.05) is 12.1 Å². The summed E-state index contributed by atoms with van der Waals surface area (Å²) in [6, 6.07) is 3.60. The Balaban J connectivity index is 2.87. The Bertz CT molecular complexity index is 352. The Morgan fingerprint density at radius 3 is 2.64 bits per heavy atom. The van der Waals surface area contributed by atoms with Gasteiger partial charge in [0.25, 0.3) is 0 Å². The molecule has 5 nitrogen and oxygen atoms in total. The average molecular weight is 196 g/mol. The Morgan fingerprint density at radius 2 is 2.07 bits per heavy atom. The first-order chi connectivity index (χ1) is 6.52. The zero-order valence-corrected chi connectivity index (χ0v) is 7.47. The van der Waals surface area contributed by atoms with Gasteiger partial charge in [0.2, 0.25) is 5.91 Å². The zero-order chi connectivity index (χ0) is 10.7. The summed E-state index contributed by atoms with van der Waals surface area (Å²) < 4.78 is 0. The van der Waals surface area contributed by atoms with E-state index in [2.05, 4.69) is 0 Å². The summed E-state index contributed by atoms with van der Waals surface area (Å²) in [6.07, 6.45) is 0.107. The standard InChI is InChI=1S/C9H12N2O3/c10-6(9(11)14)4-5-2-1-3-7(12)8(5)13/h1-3,6,12-13H,4,10H2,(H2,11,14)/t6-/m0/s1. The van der Waals surface area contributed by atoms with Gasteiger partial charge in [-0.25, -0.2) is 0 Å². The third-order valence-corrected chi connectivity index (χ3v) is 1.90. The molecule has 1 rings (SSSR count). The molecule has 0 aromatic heterocycles. The topological polar surface area (TPSA) is 110 Å². The van der Waals surface area contributed by atoms with Crippen LogP contribution < -0.4 is 11.5 Å². The van der Waals surface area contributed by atoms with Crippen LogP contribution in [-0.4, -0.2) is 22.2 Å². The predicted octanol–water partition coefficient (Wildman–Crippen LogP) is -0.547. The highest BCUT2D eigenvalue weighted by Gasteiger charge is 2.13. The van der Waals surface area contributed by atoms with Crippen molar-refractivity contribution in [3.05, 3.63) is 23.8 Å². The van der Waals surface area contributed by atoms with Crippen LogP contribution in [0.15, 0.2) is 18.2 Å². The molecular weight excluding hydrogens is 184 g/mol. The Labute approximate surface area is 81.0 Å². The van der Waals surface area contributed by atoms with Crippen molar-refractivity contribution in [2.45, 2.75) is 12.5 Å². The molecule has 76 valence electrons. The second kappa shape index (κ2) is 3.97. The number of hydrogen-bond acceptors (Lipinski definition) is 4. The molecule has 0 spiro atoms. The minimum Gasteiger partial charge on any atom is -0.504 e. The summed E-state index contributed by atoms with van der Waals surface area (Å²) in [5.41, 5.74) is 10.8. The van der Waals surface area contributed by atoms with E-state index in [0.717, 1.165) is 0 Å². The maximum atomic E-state index is 10.7. The van der Waals surface area contributed by atoms with Crippen molar-refractivity contribution in [3.8, 4) is 11.5 Å². The van der Waals surface area contributed by atoms with Crippen LogP contribution in [0.25, 0.3) is 0 Å². The van der Waals surface area contributed by atoms with E-state index in [1.807, 2.05) is 0 Å². The SMILES string of the molecule is NC(=O)[C@@H](N)Cc1cccc(O)c1O. The molecule has 0 unspecified atom stereocenters. The minimum atomic E-state index is -0.859. The number of amides is 1. The average Bonchev–Trinajstić information content (AvgIpc) is 2.12. The lowest BCUT2D eigenvalue weighted by atomic mass is 10.0. The number of rotatable bonds is 3. The summed E-state index contributed by atoms with van der Waals surface area (Å²) in [5.74, 6) is -1.14. The third-order valence-electron chi connectivity index (χ3n) is 1.90. The van der Waals surface area contributed by atoms with Crippen molar-refractivity contribution in [2.75, 3.05) is 0 Å². The van der Waals surface area contributed by atoms with Gasteiger partial charge in [-0.15, -0.1) is 0 Å². The molecule has 0 fully saturated rings. The first kappa shape index (κ1) is 10.3. The maximum absolute atomic E-state index is 10.7. The number of benzene rings is 1. The monoisotopic (exact) mass is 196 g/mol. The quantitative estimate of drug-likeness (QED) is 0.486. The van der Waals surface area contributed by atoms with E-state index in [9.17, 15) is 9.90 Å². The Kier molecular flexibility index (Phi) is 2.93. The lowest BCUT2D eigenvalue weighted by Gasteiger charge is -2.09.